The van der Waals surface area contributed by atoms with E-state index in [1.165, 1.54) is 0 Å². The van der Waals surface area contributed by atoms with Crippen LogP contribution in [0.4, 0.5) is 5.69 Å². The molecule has 1 aromatic carbocycles. The van der Waals surface area contributed by atoms with Gasteiger partial charge in [-0.3, -0.25) is 0 Å². The minimum atomic E-state index is -0.157. The average molecular weight is 273 g/mol. The van der Waals surface area contributed by atoms with E-state index in [-0.39, 0.29) is 6.10 Å². The zero-order valence-electron chi connectivity index (χ0n) is 12.0. The minimum absolute atomic E-state index is 0.157. The van der Waals surface area contributed by atoms with Crippen molar-refractivity contribution in [1.82, 2.24) is 9.55 Å². The van der Waals surface area contributed by atoms with Gasteiger partial charge >= 0.3 is 0 Å². The number of aryl methyl sites for hydroxylation is 1. The number of imidazole rings is 1. The van der Waals surface area contributed by atoms with Gasteiger partial charge in [-0.05, 0) is 37.5 Å². The van der Waals surface area contributed by atoms with E-state index in [1.807, 2.05) is 12.1 Å². The van der Waals surface area contributed by atoms with Crippen LogP contribution < -0.4 is 5.73 Å². The molecule has 1 aliphatic rings. The van der Waals surface area contributed by atoms with E-state index in [0.717, 1.165) is 61.2 Å². The molecule has 108 valence electrons. The summed E-state index contributed by atoms with van der Waals surface area (Å²) < 4.78 is 2.29. The summed E-state index contributed by atoms with van der Waals surface area (Å²) in [5, 5.41) is 10.1. The first kappa shape index (κ1) is 13.4. The first-order valence-electron chi connectivity index (χ1n) is 7.61. The van der Waals surface area contributed by atoms with Crippen LogP contribution in [-0.2, 0) is 13.0 Å². The largest absolute Gasteiger partial charge is 0.399 e. The topological polar surface area (TPSA) is 64.1 Å². The second-order valence-corrected chi connectivity index (χ2v) is 5.90. The Hall–Kier alpha value is -1.55. The molecule has 0 aliphatic heterocycles. The number of aromatic nitrogens is 2. The van der Waals surface area contributed by atoms with Crippen molar-refractivity contribution in [3.05, 3.63) is 24.0 Å². The molecule has 3 N–H and O–H groups in total. The molecule has 1 saturated carbocycles. The fourth-order valence-corrected chi connectivity index (χ4v) is 3.28. The Morgan fingerprint density at radius 2 is 2.25 bits per heavy atom. The number of benzene rings is 1. The van der Waals surface area contributed by atoms with Crippen molar-refractivity contribution in [3.8, 4) is 0 Å². The quantitative estimate of drug-likeness (QED) is 0.842. The van der Waals surface area contributed by atoms with Gasteiger partial charge in [0.05, 0.1) is 17.1 Å². The molecule has 0 spiro atoms. The van der Waals surface area contributed by atoms with Crippen LogP contribution in [0.25, 0.3) is 11.0 Å². The summed E-state index contributed by atoms with van der Waals surface area (Å²) in [5.41, 5.74) is 8.72. The standard InChI is InChI=1S/C16H23N3O/c1-2-4-16-18-13-9-12(17)7-8-14(13)19(16)10-11-5-3-6-15(11)20/h7-9,11,15,20H,2-6,10,17H2,1H3. The van der Waals surface area contributed by atoms with E-state index in [4.69, 9.17) is 10.7 Å². The number of aliphatic hydroxyl groups excluding tert-OH is 1. The predicted molar refractivity (Wildman–Crippen MR) is 81.5 cm³/mol. The first-order valence-corrected chi connectivity index (χ1v) is 7.61. The lowest BCUT2D eigenvalue weighted by Gasteiger charge is -2.17. The van der Waals surface area contributed by atoms with Gasteiger partial charge in [0.2, 0.25) is 0 Å². The molecule has 0 amide bonds. The highest BCUT2D eigenvalue weighted by Crippen LogP contribution is 2.29. The van der Waals surface area contributed by atoms with Gasteiger partial charge in [0.25, 0.3) is 0 Å². The fourth-order valence-electron chi connectivity index (χ4n) is 3.28. The number of rotatable bonds is 4. The third-order valence-electron chi connectivity index (χ3n) is 4.36. The number of nitrogens with zero attached hydrogens (tertiary/aromatic N) is 2. The number of fused-ring (bicyclic) bond motifs is 1. The second kappa shape index (κ2) is 5.44. The summed E-state index contributed by atoms with van der Waals surface area (Å²) in [4.78, 5) is 4.73. The molecule has 1 fully saturated rings. The Labute approximate surface area is 119 Å². The Morgan fingerprint density at radius 3 is 2.95 bits per heavy atom. The molecule has 2 atom stereocenters. The zero-order chi connectivity index (χ0) is 14.1. The smallest absolute Gasteiger partial charge is 0.109 e. The maximum absolute atomic E-state index is 10.1. The third kappa shape index (κ3) is 2.40. The van der Waals surface area contributed by atoms with Crippen LogP contribution in [0.5, 0.6) is 0 Å². The molecule has 4 heteroatoms. The van der Waals surface area contributed by atoms with E-state index in [1.54, 1.807) is 0 Å². The summed E-state index contributed by atoms with van der Waals surface area (Å²) >= 11 is 0. The molecule has 0 saturated heterocycles. The molecule has 20 heavy (non-hydrogen) atoms. The highest BCUT2D eigenvalue weighted by Gasteiger charge is 2.26. The normalized spacial score (nSPS) is 22.7. The van der Waals surface area contributed by atoms with Crippen LogP contribution in [0.2, 0.25) is 0 Å². The van der Waals surface area contributed by atoms with E-state index in [2.05, 4.69) is 17.6 Å². The summed E-state index contributed by atoms with van der Waals surface area (Å²) in [5.74, 6) is 1.48. The van der Waals surface area contributed by atoms with E-state index in [0.29, 0.717) is 5.92 Å². The summed E-state index contributed by atoms with van der Waals surface area (Å²) in [6.07, 6.45) is 5.07. The molecule has 1 aliphatic carbocycles. The molecule has 2 unspecified atom stereocenters. The van der Waals surface area contributed by atoms with E-state index >= 15 is 0 Å². The van der Waals surface area contributed by atoms with Gasteiger partial charge in [-0.15, -0.1) is 0 Å². The third-order valence-corrected chi connectivity index (χ3v) is 4.36. The molecule has 2 aromatic rings. The Bertz CT molecular complexity index is 605. The number of hydrogen-bond donors (Lipinski definition) is 2. The van der Waals surface area contributed by atoms with Crippen LogP contribution in [0.15, 0.2) is 18.2 Å². The van der Waals surface area contributed by atoms with Crippen molar-refractivity contribution >= 4 is 16.7 Å². The number of hydrogen-bond acceptors (Lipinski definition) is 3. The van der Waals surface area contributed by atoms with Gasteiger partial charge in [0.1, 0.15) is 5.82 Å². The second-order valence-electron chi connectivity index (χ2n) is 5.90. The lowest BCUT2D eigenvalue weighted by Crippen LogP contribution is -2.20. The van der Waals surface area contributed by atoms with Crippen molar-refractivity contribution in [2.75, 3.05) is 5.73 Å². The molecule has 3 rings (SSSR count). The van der Waals surface area contributed by atoms with Crippen molar-refractivity contribution in [2.24, 2.45) is 5.92 Å². The Morgan fingerprint density at radius 1 is 1.40 bits per heavy atom. The minimum Gasteiger partial charge on any atom is -0.399 e. The number of anilines is 1. The molecular formula is C16H23N3O. The Kier molecular flexibility index (Phi) is 3.66. The van der Waals surface area contributed by atoms with Crippen LogP contribution in [-0.4, -0.2) is 20.8 Å². The van der Waals surface area contributed by atoms with Crippen molar-refractivity contribution in [3.63, 3.8) is 0 Å². The van der Waals surface area contributed by atoms with Crippen LogP contribution in [0, 0.1) is 5.92 Å². The van der Waals surface area contributed by atoms with E-state index < -0.39 is 0 Å². The summed E-state index contributed by atoms with van der Waals surface area (Å²) in [7, 11) is 0. The molecule has 4 nitrogen and oxygen atoms in total. The average Bonchev–Trinajstić information content (AvgIpc) is 2.96. The van der Waals surface area contributed by atoms with Crippen molar-refractivity contribution < 1.29 is 5.11 Å². The fraction of sp³-hybridized carbons (Fsp3) is 0.562. The van der Waals surface area contributed by atoms with Gasteiger partial charge < -0.3 is 15.4 Å². The van der Waals surface area contributed by atoms with Gasteiger partial charge in [0, 0.05) is 24.6 Å². The summed E-state index contributed by atoms with van der Waals surface area (Å²) in [6.45, 7) is 3.04. The molecule has 1 heterocycles. The Balaban J connectivity index is 1.99. The summed E-state index contributed by atoms with van der Waals surface area (Å²) in [6, 6.07) is 5.93. The molecule has 0 bridgehead atoms. The maximum atomic E-state index is 10.1. The number of nitrogens with two attached hydrogens (primary N) is 1. The van der Waals surface area contributed by atoms with Crippen molar-refractivity contribution in [2.45, 2.75) is 51.7 Å². The van der Waals surface area contributed by atoms with Gasteiger partial charge in [0.15, 0.2) is 0 Å². The maximum Gasteiger partial charge on any atom is 0.109 e. The van der Waals surface area contributed by atoms with Gasteiger partial charge in [-0.2, -0.15) is 0 Å². The molecular weight excluding hydrogens is 250 g/mol. The number of nitrogen functional groups attached to an aromatic ring is 1. The van der Waals surface area contributed by atoms with Gasteiger partial charge in [-0.1, -0.05) is 13.3 Å². The van der Waals surface area contributed by atoms with Crippen molar-refractivity contribution in [1.29, 1.82) is 0 Å². The van der Waals surface area contributed by atoms with E-state index in [9.17, 15) is 5.11 Å². The predicted octanol–water partition coefficient (Wildman–Crippen LogP) is 2.73. The SMILES string of the molecule is CCCc1nc2cc(N)ccc2n1CC1CCCC1O. The van der Waals surface area contributed by atoms with Crippen LogP contribution >= 0.6 is 0 Å². The zero-order valence-corrected chi connectivity index (χ0v) is 12.0. The first-order chi connectivity index (χ1) is 9.69. The van der Waals surface area contributed by atoms with Gasteiger partial charge in [-0.25, -0.2) is 4.98 Å². The highest BCUT2D eigenvalue weighted by atomic mass is 16.3. The molecule has 1 aromatic heterocycles. The lowest BCUT2D eigenvalue weighted by molar-refractivity contribution is 0.123. The lowest BCUT2D eigenvalue weighted by atomic mass is 10.1. The van der Waals surface area contributed by atoms with Crippen LogP contribution in [0.3, 0.4) is 0 Å². The molecule has 0 radical (unpaired) electrons. The highest BCUT2D eigenvalue weighted by molar-refractivity contribution is 5.79. The number of aliphatic hydroxyl groups is 1. The van der Waals surface area contributed by atoms with Crippen LogP contribution in [0.1, 0.15) is 38.4 Å². The monoisotopic (exact) mass is 273 g/mol.